The second-order valence-corrected chi connectivity index (χ2v) is 7.72. The first-order valence-electron chi connectivity index (χ1n) is 4.51. The van der Waals surface area contributed by atoms with Crippen LogP contribution in [0.15, 0.2) is 4.21 Å². The monoisotopic (exact) mass is 300 g/mol. The van der Waals surface area contributed by atoms with E-state index in [4.69, 9.17) is 11.6 Å². The Morgan fingerprint density at radius 3 is 2.69 bits per heavy atom. The lowest BCUT2D eigenvalue weighted by Crippen LogP contribution is -2.34. The van der Waals surface area contributed by atoms with E-state index in [9.17, 15) is 8.42 Å². The molecule has 4 nitrogen and oxygen atoms in total. The van der Waals surface area contributed by atoms with Gasteiger partial charge in [-0.25, -0.2) is 18.1 Å². The van der Waals surface area contributed by atoms with Gasteiger partial charge in [0.05, 0.1) is 5.69 Å². The molecular weight excluding hydrogens is 288 g/mol. The van der Waals surface area contributed by atoms with Crippen LogP contribution in [0.1, 0.15) is 12.6 Å². The number of aryl methyl sites for hydroxylation is 1. The molecule has 1 unspecified atom stereocenters. The number of nitrogens with one attached hydrogen (secondary N) is 1. The van der Waals surface area contributed by atoms with Crippen molar-refractivity contribution in [3.05, 3.63) is 10.2 Å². The van der Waals surface area contributed by atoms with Crippen molar-refractivity contribution in [1.29, 1.82) is 0 Å². The van der Waals surface area contributed by atoms with E-state index < -0.39 is 10.0 Å². The van der Waals surface area contributed by atoms with E-state index in [0.29, 0.717) is 5.69 Å². The summed E-state index contributed by atoms with van der Waals surface area (Å²) in [6, 6.07) is -0.111. The minimum Gasteiger partial charge on any atom is -0.229 e. The van der Waals surface area contributed by atoms with Gasteiger partial charge >= 0.3 is 0 Å². The summed E-state index contributed by atoms with van der Waals surface area (Å²) in [6.45, 7) is 3.46. The zero-order valence-electron chi connectivity index (χ0n) is 9.15. The van der Waals surface area contributed by atoms with Crippen molar-refractivity contribution in [2.75, 3.05) is 12.0 Å². The molecule has 16 heavy (non-hydrogen) atoms. The molecule has 0 spiro atoms. The maximum absolute atomic E-state index is 11.9. The molecule has 0 radical (unpaired) electrons. The zero-order valence-corrected chi connectivity index (χ0v) is 12.4. The second-order valence-electron chi connectivity index (χ2n) is 3.32. The van der Waals surface area contributed by atoms with Crippen molar-refractivity contribution in [3.63, 3.8) is 0 Å². The number of aromatic nitrogens is 1. The first-order valence-corrected chi connectivity index (χ1v) is 8.58. The van der Waals surface area contributed by atoms with Gasteiger partial charge in [-0.1, -0.05) is 22.9 Å². The van der Waals surface area contributed by atoms with Crippen LogP contribution in [0.3, 0.4) is 0 Å². The highest BCUT2D eigenvalue weighted by molar-refractivity contribution is 7.98. The fraction of sp³-hybridized carbons (Fsp3) is 0.625. The largest absolute Gasteiger partial charge is 0.252 e. The summed E-state index contributed by atoms with van der Waals surface area (Å²) in [5, 5.41) is 0. The lowest BCUT2D eigenvalue weighted by atomic mass is 10.4. The van der Waals surface area contributed by atoms with Gasteiger partial charge in [0.15, 0.2) is 8.68 Å². The van der Waals surface area contributed by atoms with Gasteiger partial charge in [-0.2, -0.15) is 11.8 Å². The number of hydrogen-bond donors (Lipinski definition) is 1. The first kappa shape index (κ1) is 14.2. The van der Waals surface area contributed by atoms with Gasteiger partial charge in [0.1, 0.15) is 0 Å². The van der Waals surface area contributed by atoms with Crippen molar-refractivity contribution >= 4 is 44.7 Å². The molecule has 8 heteroatoms. The molecular formula is C8H13ClN2O2S3. The van der Waals surface area contributed by atoms with Crippen LogP contribution in [0.4, 0.5) is 0 Å². The number of thioether (sulfide) groups is 1. The molecule has 0 aliphatic carbocycles. The lowest BCUT2D eigenvalue weighted by molar-refractivity contribution is 0.572. The van der Waals surface area contributed by atoms with Crippen LogP contribution in [0.2, 0.25) is 4.47 Å². The fourth-order valence-electron chi connectivity index (χ4n) is 1.20. The third-order valence-electron chi connectivity index (χ3n) is 1.75. The summed E-state index contributed by atoms with van der Waals surface area (Å²) in [7, 11) is -3.48. The summed E-state index contributed by atoms with van der Waals surface area (Å²) < 4.78 is 26.9. The molecule has 0 saturated carbocycles. The number of thiazole rings is 1. The summed E-state index contributed by atoms with van der Waals surface area (Å²) in [6.07, 6.45) is 1.93. The van der Waals surface area contributed by atoms with Gasteiger partial charge in [0.25, 0.3) is 10.0 Å². The van der Waals surface area contributed by atoms with Crippen molar-refractivity contribution in [1.82, 2.24) is 9.71 Å². The normalized spacial score (nSPS) is 14.0. The Morgan fingerprint density at radius 1 is 1.62 bits per heavy atom. The van der Waals surface area contributed by atoms with Crippen molar-refractivity contribution in [2.24, 2.45) is 0 Å². The zero-order chi connectivity index (χ0) is 12.3. The summed E-state index contributed by atoms with van der Waals surface area (Å²) in [5.74, 6) is 0.727. The van der Waals surface area contributed by atoms with Crippen LogP contribution in [-0.2, 0) is 10.0 Å². The predicted molar refractivity (Wildman–Crippen MR) is 70.0 cm³/mol. The standard InChI is InChI=1S/C8H13ClN2O2S3/c1-5(4-14-3)11-16(12,13)7-6(2)10-8(9)15-7/h5,11H,4H2,1-3H3. The molecule has 0 bridgehead atoms. The highest BCUT2D eigenvalue weighted by atomic mass is 35.5. The molecule has 0 aliphatic heterocycles. The Hall–Kier alpha value is 0.180. The van der Waals surface area contributed by atoms with E-state index in [1.165, 1.54) is 0 Å². The highest BCUT2D eigenvalue weighted by Gasteiger charge is 2.23. The number of hydrogen-bond acceptors (Lipinski definition) is 5. The number of sulfonamides is 1. The Labute approximate surface area is 109 Å². The SMILES string of the molecule is CSCC(C)NS(=O)(=O)c1sc(Cl)nc1C. The predicted octanol–water partition coefficient (Wildman–Crippen LogP) is 2.13. The average molecular weight is 301 g/mol. The lowest BCUT2D eigenvalue weighted by Gasteiger charge is -2.11. The summed E-state index contributed by atoms with van der Waals surface area (Å²) >= 11 is 8.25. The number of rotatable bonds is 5. The molecule has 0 fully saturated rings. The van der Waals surface area contributed by atoms with Crippen LogP contribution in [0.5, 0.6) is 0 Å². The van der Waals surface area contributed by atoms with Crippen LogP contribution in [-0.4, -0.2) is 31.5 Å². The molecule has 0 saturated heterocycles. The Bertz CT molecular complexity index is 458. The molecule has 1 aromatic heterocycles. The maximum Gasteiger partial charge on any atom is 0.252 e. The van der Waals surface area contributed by atoms with Crippen molar-refractivity contribution in [2.45, 2.75) is 24.1 Å². The van der Waals surface area contributed by atoms with Crippen LogP contribution in [0.25, 0.3) is 0 Å². The second kappa shape index (κ2) is 5.68. The summed E-state index contributed by atoms with van der Waals surface area (Å²) in [4.78, 5) is 3.89. The molecule has 0 aliphatic rings. The van der Waals surface area contributed by atoms with Crippen LogP contribution in [0, 0.1) is 6.92 Å². The maximum atomic E-state index is 11.9. The molecule has 1 atom stereocenters. The first-order chi connectivity index (χ1) is 7.36. The van der Waals surface area contributed by atoms with Gasteiger partial charge < -0.3 is 0 Å². The van der Waals surface area contributed by atoms with Gasteiger partial charge in [-0.15, -0.1) is 0 Å². The Kier molecular flexibility index (Phi) is 5.06. The Balaban J connectivity index is 2.90. The van der Waals surface area contributed by atoms with E-state index in [0.717, 1.165) is 17.1 Å². The topological polar surface area (TPSA) is 59.1 Å². The van der Waals surface area contributed by atoms with Crippen LogP contribution < -0.4 is 4.72 Å². The third kappa shape index (κ3) is 3.59. The van der Waals surface area contributed by atoms with E-state index in [1.54, 1.807) is 18.7 Å². The summed E-state index contributed by atoms with van der Waals surface area (Å²) in [5.41, 5.74) is 0.443. The Morgan fingerprint density at radius 2 is 2.25 bits per heavy atom. The molecule has 0 aromatic carbocycles. The van der Waals surface area contributed by atoms with E-state index in [-0.39, 0.29) is 14.7 Å². The fourth-order valence-corrected chi connectivity index (χ4v) is 4.89. The van der Waals surface area contributed by atoms with E-state index in [1.807, 2.05) is 13.2 Å². The van der Waals surface area contributed by atoms with E-state index >= 15 is 0 Å². The van der Waals surface area contributed by atoms with Gasteiger partial charge in [-0.3, -0.25) is 0 Å². The molecule has 1 rings (SSSR count). The molecule has 1 N–H and O–H groups in total. The van der Waals surface area contributed by atoms with Gasteiger partial charge in [0, 0.05) is 11.8 Å². The van der Waals surface area contributed by atoms with Gasteiger partial charge in [-0.05, 0) is 20.1 Å². The van der Waals surface area contributed by atoms with E-state index in [2.05, 4.69) is 9.71 Å². The number of nitrogens with zero attached hydrogens (tertiary/aromatic N) is 1. The number of halogens is 1. The molecule has 1 heterocycles. The average Bonchev–Trinajstić information content (AvgIpc) is 2.45. The minimum absolute atomic E-state index is 0.111. The van der Waals surface area contributed by atoms with Gasteiger partial charge in [0.2, 0.25) is 0 Å². The van der Waals surface area contributed by atoms with Crippen molar-refractivity contribution < 1.29 is 8.42 Å². The molecule has 92 valence electrons. The van der Waals surface area contributed by atoms with Crippen LogP contribution >= 0.6 is 34.7 Å². The molecule has 0 amide bonds. The smallest absolute Gasteiger partial charge is 0.229 e. The van der Waals surface area contributed by atoms with Crippen molar-refractivity contribution in [3.8, 4) is 0 Å². The molecule has 1 aromatic rings. The minimum atomic E-state index is -3.48. The quantitative estimate of drug-likeness (QED) is 0.905. The highest BCUT2D eigenvalue weighted by Crippen LogP contribution is 2.26. The third-order valence-corrected chi connectivity index (χ3v) is 6.04.